The van der Waals surface area contributed by atoms with Gasteiger partial charge in [-0.2, -0.15) is 0 Å². The quantitative estimate of drug-likeness (QED) is 0.751. The Hall–Kier alpha value is -0.610. The summed E-state index contributed by atoms with van der Waals surface area (Å²) in [6, 6.07) is 0. The van der Waals surface area contributed by atoms with Gasteiger partial charge in [0.05, 0.1) is 12.5 Å². The van der Waals surface area contributed by atoms with Crippen LogP contribution in [0.2, 0.25) is 4.47 Å². The van der Waals surface area contributed by atoms with E-state index in [0.29, 0.717) is 17.3 Å². The van der Waals surface area contributed by atoms with Crippen LogP contribution in [0.4, 0.5) is 0 Å². The van der Waals surface area contributed by atoms with E-state index >= 15 is 0 Å². The molecule has 78 valence electrons. The highest BCUT2D eigenvalue weighted by Gasteiger charge is 2.07. The van der Waals surface area contributed by atoms with E-state index in [-0.39, 0.29) is 12.1 Å². The van der Waals surface area contributed by atoms with E-state index in [4.69, 9.17) is 16.3 Å². The lowest BCUT2D eigenvalue weighted by molar-refractivity contribution is -0.147. The van der Waals surface area contributed by atoms with E-state index in [1.165, 1.54) is 11.3 Å². The van der Waals surface area contributed by atoms with Crippen molar-refractivity contribution >= 4 is 28.9 Å². The maximum absolute atomic E-state index is 11.2. The molecule has 0 aliphatic heterocycles. The van der Waals surface area contributed by atoms with E-state index in [1.54, 1.807) is 6.20 Å². The molecule has 0 fully saturated rings. The van der Waals surface area contributed by atoms with Crippen molar-refractivity contribution < 1.29 is 9.53 Å². The molecule has 0 amide bonds. The van der Waals surface area contributed by atoms with Crippen molar-refractivity contribution in [2.75, 3.05) is 0 Å². The van der Waals surface area contributed by atoms with Crippen LogP contribution in [0.1, 0.15) is 25.1 Å². The average molecular weight is 234 g/mol. The van der Waals surface area contributed by atoms with Gasteiger partial charge in [0.1, 0.15) is 0 Å². The van der Waals surface area contributed by atoms with Crippen LogP contribution in [0.3, 0.4) is 0 Å². The van der Waals surface area contributed by atoms with Crippen LogP contribution in [0, 0.1) is 0 Å². The standard InChI is InChI=1S/C9H12ClNO2S/c1-6(2)13-8(12)4-3-7-5-11-9(10)14-7/h5-6H,3-4H2,1-2H3. The number of halogens is 1. The van der Waals surface area contributed by atoms with Crippen molar-refractivity contribution in [2.24, 2.45) is 0 Å². The predicted octanol–water partition coefficient (Wildman–Crippen LogP) is 2.68. The zero-order valence-electron chi connectivity index (χ0n) is 8.12. The average Bonchev–Trinajstić information content (AvgIpc) is 2.47. The van der Waals surface area contributed by atoms with Gasteiger partial charge in [0.15, 0.2) is 4.47 Å². The van der Waals surface area contributed by atoms with E-state index in [0.717, 1.165) is 4.88 Å². The number of carbonyl (C=O) groups is 1. The van der Waals surface area contributed by atoms with Crippen molar-refractivity contribution in [3.05, 3.63) is 15.5 Å². The molecule has 0 atom stereocenters. The van der Waals surface area contributed by atoms with Crippen LogP contribution in [-0.4, -0.2) is 17.1 Å². The predicted molar refractivity (Wildman–Crippen MR) is 56.7 cm³/mol. The molecule has 0 aliphatic rings. The summed E-state index contributed by atoms with van der Waals surface area (Å²) in [6.07, 6.45) is 2.68. The number of ether oxygens (including phenoxy) is 1. The number of carbonyl (C=O) groups excluding carboxylic acids is 1. The number of hydrogen-bond donors (Lipinski definition) is 0. The maximum Gasteiger partial charge on any atom is 0.306 e. The number of aromatic nitrogens is 1. The first-order valence-electron chi connectivity index (χ1n) is 4.37. The number of thiazole rings is 1. The number of rotatable bonds is 4. The normalized spacial score (nSPS) is 10.6. The second-order valence-electron chi connectivity index (χ2n) is 3.12. The molecule has 0 radical (unpaired) electrons. The highest BCUT2D eigenvalue weighted by Crippen LogP contribution is 2.19. The van der Waals surface area contributed by atoms with Crippen LogP contribution < -0.4 is 0 Å². The Morgan fingerprint density at radius 2 is 2.43 bits per heavy atom. The van der Waals surface area contributed by atoms with Gasteiger partial charge < -0.3 is 4.74 Å². The van der Waals surface area contributed by atoms with E-state index in [1.807, 2.05) is 13.8 Å². The Labute approximate surface area is 92.1 Å². The zero-order chi connectivity index (χ0) is 10.6. The van der Waals surface area contributed by atoms with Crippen LogP contribution in [0.5, 0.6) is 0 Å². The first-order chi connectivity index (χ1) is 6.58. The van der Waals surface area contributed by atoms with Gasteiger partial charge in [-0.1, -0.05) is 11.6 Å². The molecule has 1 heterocycles. The van der Waals surface area contributed by atoms with Gasteiger partial charge in [0, 0.05) is 11.1 Å². The molecule has 0 unspecified atom stereocenters. The summed E-state index contributed by atoms with van der Waals surface area (Å²) in [5.41, 5.74) is 0. The lowest BCUT2D eigenvalue weighted by Crippen LogP contribution is -2.11. The number of esters is 1. The summed E-state index contributed by atoms with van der Waals surface area (Å²) >= 11 is 7.05. The van der Waals surface area contributed by atoms with Crippen LogP contribution in [-0.2, 0) is 16.0 Å². The van der Waals surface area contributed by atoms with Crippen molar-refractivity contribution in [1.29, 1.82) is 0 Å². The lowest BCUT2D eigenvalue weighted by Gasteiger charge is -2.06. The first-order valence-corrected chi connectivity index (χ1v) is 5.57. The Balaban J connectivity index is 2.30. The van der Waals surface area contributed by atoms with E-state index < -0.39 is 0 Å². The van der Waals surface area contributed by atoms with Gasteiger partial charge in [0.25, 0.3) is 0 Å². The molecule has 1 rings (SSSR count). The second-order valence-corrected chi connectivity index (χ2v) is 4.82. The summed E-state index contributed by atoms with van der Waals surface area (Å²) in [7, 11) is 0. The van der Waals surface area contributed by atoms with Crippen molar-refractivity contribution in [1.82, 2.24) is 4.98 Å². The minimum absolute atomic E-state index is 0.0486. The largest absolute Gasteiger partial charge is 0.463 e. The topological polar surface area (TPSA) is 39.2 Å². The molecule has 0 spiro atoms. The fraction of sp³-hybridized carbons (Fsp3) is 0.556. The Bertz CT molecular complexity index is 312. The maximum atomic E-state index is 11.2. The summed E-state index contributed by atoms with van der Waals surface area (Å²) in [5, 5.41) is 0. The third kappa shape index (κ3) is 4.07. The minimum atomic E-state index is -0.176. The third-order valence-corrected chi connectivity index (χ3v) is 2.64. The summed E-state index contributed by atoms with van der Waals surface area (Å²) in [6.45, 7) is 3.67. The Morgan fingerprint density at radius 1 is 1.71 bits per heavy atom. The molecule has 5 heteroatoms. The first kappa shape index (κ1) is 11.5. The summed E-state index contributed by atoms with van der Waals surface area (Å²) in [5.74, 6) is -0.176. The summed E-state index contributed by atoms with van der Waals surface area (Å²) in [4.78, 5) is 16.1. The highest BCUT2D eigenvalue weighted by molar-refractivity contribution is 7.15. The molecule has 0 N–H and O–H groups in total. The van der Waals surface area contributed by atoms with Gasteiger partial charge in [0.2, 0.25) is 0 Å². The van der Waals surface area contributed by atoms with Gasteiger partial charge in [-0.05, 0) is 20.3 Å². The number of aryl methyl sites for hydroxylation is 1. The zero-order valence-corrected chi connectivity index (χ0v) is 9.69. The molecular weight excluding hydrogens is 222 g/mol. The molecule has 1 aromatic heterocycles. The second kappa shape index (κ2) is 5.32. The molecule has 0 bridgehead atoms. The number of nitrogens with zero attached hydrogens (tertiary/aromatic N) is 1. The molecule has 0 saturated heterocycles. The Kier molecular flexibility index (Phi) is 4.35. The van der Waals surface area contributed by atoms with Gasteiger partial charge >= 0.3 is 5.97 Å². The fourth-order valence-electron chi connectivity index (χ4n) is 0.946. The molecule has 0 aliphatic carbocycles. The van der Waals surface area contributed by atoms with Gasteiger partial charge in [-0.3, -0.25) is 4.79 Å². The van der Waals surface area contributed by atoms with Crippen LogP contribution >= 0.6 is 22.9 Å². The van der Waals surface area contributed by atoms with Crippen molar-refractivity contribution in [3.8, 4) is 0 Å². The molecule has 3 nitrogen and oxygen atoms in total. The van der Waals surface area contributed by atoms with Crippen molar-refractivity contribution in [3.63, 3.8) is 0 Å². The van der Waals surface area contributed by atoms with Gasteiger partial charge in [-0.25, -0.2) is 4.98 Å². The van der Waals surface area contributed by atoms with E-state index in [2.05, 4.69) is 4.98 Å². The molecule has 14 heavy (non-hydrogen) atoms. The minimum Gasteiger partial charge on any atom is -0.463 e. The highest BCUT2D eigenvalue weighted by atomic mass is 35.5. The molecular formula is C9H12ClNO2S. The summed E-state index contributed by atoms with van der Waals surface area (Å²) < 4.78 is 5.50. The van der Waals surface area contributed by atoms with Crippen LogP contribution in [0.15, 0.2) is 6.20 Å². The third-order valence-electron chi connectivity index (χ3n) is 1.47. The monoisotopic (exact) mass is 233 g/mol. The molecule has 1 aromatic rings. The Morgan fingerprint density at radius 3 is 2.93 bits per heavy atom. The van der Waals surface area contributed by atoms with Crippen molar-refractivity contribution in [2.45, 2.75) is 32.8 Å². The fourth-order valence-corrected chi connectivity index (χ4v) is 1.92. The number of hydrogen-bond acceptors (Lipinski definition) is 4. The molecule has 0 aromatic carbocycles. The lowest BCUT2D eigenvalue weighted by atomic mass is 10.3. The van der Waals surface area contributed by atoms with Crippen LogP contribution in [0.25, 0.3) is 0 Å². The van der Waals surface area contributed by atoms with Gasteiger partial charge in [-0.15, -0.1) is 11.3 Å². The SMILES string of the molecule is CC(C)OC(=O)CCc1cnc(Cl)s1. The van der Waals surface area contributed by atoms with E-state index in [9.17, 15) is 4.79 Å². The molecule has 0 saturated carbocycles. The smallest absolute Gasteiger partial charge is 0.306 e.